The third-order valence-corrected chi connectivity index (χ3v) is 2.54. The first-order chi connectivity index (χ1) is 9.82. The van der Waals surface area contributed by atoms with Crippen LogP contribution in [0.4, 0.5) is 24.9 Å². The average Bonchev–Trinajstić information content (AvgIpc) is 2.41. The molecule has 0 aliphatic carbocycles. The molecule has 0 aliphatic rings. The van der Waals surface area contributed by atoms with Crippen LogP contribution in [-0.4, -0.2) is 29.7 Å². The maximum absolute atomic E-state index is 12.6. The Kier molecular flexibility index (Phi) is 6.63. The van der Waals surface area contributed by atoms with Gasteiger partial charge in [0.15, 0.2) is 5.69 Å². The molecule has 9 heteroatoms. The van der Waals surface area contributed by atoms with Crippen LogP contribution >= 0.6 is 0 Å². The second-order valence-electron chi connectivity index (χ2n) is 4.83. The van der Waals surface area contributed by atoms with Crippen LogP contribution in [-0.2, 0) is 10.9 Å². The standard InChI is InChI=1S/C12H20F3N5O/c1-8(2)3-5-21-6-4-17-10-7-9(12(13,14)15)18-11(19-10)20-16/h7-8H,3-6,16H2,1-2H3,(H2,17,18,19,20). The molecular weight excluding hydrogens is 287 g/mol. The monoisotopic (exact) mass is 307 g/mol. The largest absolute Gasteiger partial charge is 0.433 e. The van der Waals surface area contributed by atoms with Gasteiger partial charge >= 0.3 is 6.18 Å². The molecule has 0 fully saturated rings. The molecule has 0 saturated carbocycles. The molecule has 0 aromatic carbocycles. The lowest BCUT2D eigenvalue weighted by atomic mass is 10.1. The van der Waals surface area contributed by atoms with Crippen molar-refractivity contribution in [2.45, 2.75) is 26.4 Å². The minimum absolute atomic E-state index is 0.0396. The van der Waals surface area contributed by atoms with Gasteiger partial charge < -0.3 is 10.1 Å². The van der Waals surface area contributed by atoms with Gasteiger partial charge in [0.2, 0.25) is 5.95 Å². The number of ether oxygens (including phenoxy) is 1. The number of hydrazine groups is 1. The van der Waals surface area contributed by atoms with Crippen molar-refractivity contribution < 1.29 is 17.9 Å². The Balaban J connectivity index is 2.51. The second kappa shape index (κ2) is 7.99. The summed E-state index contributed by atoms with van der Waals surface area (Å²) < 4.78 is 43.3. The molecule has 1 aromatic heterocycles. The quantitative estimate of drug-likeness (QED) is 0.388. The van der Waals surface area contributed by atoms with Gasteiger partial charge in [-0.3, -0.25) is 5.43 Å². The number of nitrogens with one attached hydrogen (secondary N) is 2. The molecule has 0 atom stereocenters. The molecule has 120 valence electrons. The van der Waals surface area contributed by atoms with E-state index in [-0.39, 0.29) is 11.8 Å². The fraction of sp³-hybridized carbons (Fsp3) is 0.667. The molecule has 1 rings (SSSR count). The normalized spacial score (nSPS) is 11.8. The van der Waals surface area contributed by atoms with Crippen LogP contribution in [0.1, 0.15) is 26.0 Å². The van der Waals surface area contributed by atoms with Crippen LogP contribution in [0.15, 0.2) is 6.07 Å². The number of aromatic nitrogens is 2. The number of alkyl halides is 3. The Morgan fingerprint density at radius 2 is 2.00 bits per heavy atom. The SMILES string of the molecule is CC(C)CCOCCNc1cc(C(F)(F)F)nc(NN)n1. The molecule has 0 unspecified atom stereocenters. The third-order valence-electron chi connectivity index (χ3n) is 2.54. The van der Waals surface area contributed by atoms with E-state index in [1.807, 2.05) is 5.43 Å². The molecule has 0 spiro atoms. The van der Waals surface area contributed by atoms with Crippen LogP contribution in [0.2, 0.25) is 0 Å². The van der Waals surface area contributed by atoms with Crippen LogP contribution < -0.4 is 16.6 Å². The van der Waals surface area contributed by atoms with Gasteiger partial charge in [0.1, 0.15) is 5.82 Å². The molecule has 0 aliphatic heterocycles. The Morgan fingerprint density at radius 1 is 1.29 bits per heavy atom. The molecule has 0 bridgehead atoms. The molecule has 6 nitrogen and oxygen atoms in total. The lowest BCUT2D eigenvalue weighted by Gasteiger charge is -2.11. The van der Waals surface area contributed by atoms with E-state index < -0.39 is 11.9 Å². The first kappa shape index (κ1) is 17.4. The number of nitrogens with two attached hydrogens (primary N) is 1. The summed E-state index contributed by atoms with van der Waals surface area (Å²) >= 11 is 0. The summed E-state index contributed by atoms with van der Waals surface area (Å²) in [5, 5.41) is 2.75. The summed E-state index contributed by atoms with van der Waals surface area (Å²) in [6, 6.07) is 0.828. The highest BCUT2D eigenvalue weighted by Crippen LogP contribution is 2.29. The summed E-state index contributed by atoms with van der Waals surface area (Å²) in [5.74, 6) is 5.35. The van der Waals surface area contributed by atoms with Crippen molar-refractivity contribution in [1.29, 1.82) is 0 Å². The fourth-order valence-corrected chi connectivity index (χ4v) is 1.42. The van der Waals surface area contributed by atoms with E-state index in [0.717, 1.165) is 12.5 Å². The number of rotatable bonds is 8. The van der Waals surface area contributed by atoms with Gasteiger partial charge in [-0.05, 0) is 12.3 Å². The Labute approximate surface area is 121 Å². The summed E-state index contributed by atoms with van der Waals surface area (Å²) in [5.41, 5.74) is 0.948. The Hall–Kier alpha value is -1.61. The van der Waals surface area contributed by atoms with Crippen molar-refractivity contribution in [1.82, 2.24) is 9.97 Å². The molecule has 1 aromatic rings. The van der Waals surface area contributed by atoms with Gasteiger partial charge in [-0.2, -0.15) is 18.2 Å². The van der Waals surface area contributed by atoms with Gasteiger partial charge in [0.05, 0.1) is 6.61 Å². The molecule has 0 amide bonds. The average molecular weight is 307 g/mol. The lowest BCUT2D eigenvalue weighted by molar-refractivity contribution is -0.141. The third kappa shape index (κ3) is 6.58. The number of halogens is 3. The van der Waals surface area contributed by atoms with Crippen LogP contribution in [0, 0.1) is 5.92 Å². The zero-order valence-electron chi connectivity index (χ0n) is 12.0. The molecule has 21 heavy (non-hydrogen) atoms. The predicted molar refractivity (Wildman–Crippen MR) is 73.6 cm³/mol. The summed E-state index contributed by atoms with van der Waals surface area (Å²) in [6.07, 6.45) is -3.62. The van der Waals surface area contributed by atoms with Gasteiger partial charge in [-0.15, -0.1) is 0 Å². The lowest BCUT2D eigenvalue weighted by Crippen LogP contribution is -2.18. The maximum Gasteiger partial charge on any atom is 0.433 e. The van der Waals surface area contributed by atoms with Crippen LogP contribution in [0.3, 0.4) is 0 Å². The van der Waals surface area contributed by atoms with Crippen molar-refractivity contribution in [2.24, 2.45) is 11.8 Å². The molecule has 1 heterocycles. The minimum Gasteiger partial charge on any atom is -0.380 e. The van der Waals surface area contributed by atoms with Crippen LogP contribution in [0.5, 0.6) is 0 Å². The second-order valence-corrected chi connectivity index (χ2v) is 4.83. The first-order valence-electron chi connectivity index (χ1n) is 6.57. The Bertz CT molecular complexity index is 439. The van der Waals surface area contributed by atoms with Gasteiger partial charge in [0, 0.05) is 19.2 Å². The van der Waals surface area contributed by atoms with Crippen molar-refractivity contribution in [3.8, 4) is 0 Å². The van der Waals surface area contributed by atoms with E-state index in [4.69, 9.17) is 10.6 Å². The number of hydrogen-bond acceptors (Lipinski definition) is 6. The van der Waals surface area contributed by atoms with E-state index in [0.29, 0.717) is 25.7 Å². The molecular formula is C12H20F3N5O. The smallest absolute Gasteiger partial charge is 0.380 e. The zero-order valence-corrected chi connectivity index (χ0v) is 12.0. The highest BCUT2D eigenvalue weighted by molar-refractivity contribution is 5.42. The molecule has 0 radical (unpaired) electrons. The highest BCUT2D eigenvalue weighted by Gasteiger charge is 2.33. The molecule has 0 saturated heterocycles. The van der Waals surface area contributed by atoms with E-state index in [2.05, 4.69) is 29.1 Å². The summed E-state index contributed by atoms with van der Waals surface area (Å²) in [6.45, 7) is 5.51. The van der Waals surface area contributed by atoms with Crippen molar-refractivity contribution >= 4 is 11.8 Å². The van der Waals surface area contributed by atoms with Crippen molar-refractivity contribution in [3.05, 3.63) is 11.8 Å². The van der Waals surface area contributed by atoms with Gasteiger partial charge in [-0.25, -0.2) is 10.8 Å². The maximum atomic E-state index is 12.6. The van der Waals surface area contributed by atoms with E-state index in [9.17, 15) is 13.2 Å². The van der Waals surface area contributed by atoms with Gasteiger partial charge in [0.25, 0.3) is 0 Å². The summed E-state index contributed by atoms with van der Waals surface area (Å²) in [4.78, 5) is 7.05. The first-order valence-corrected chi connectivity index (χ1v) is 6.57. The molecule has 4 N–H and O–H groups in total. The van der Waals surface area contributed by atoms with Crippen molar-refractivity contribution in [3.63, 3.8) is 0 Å². The fourth-order valence-electron chi connectivity index (χ4n) is 1.42. The van der Waals surface area contributed by atoms with E-state index in [1.165, 1.54) is 0 Å². The van der Waals surface area contributed by atoms with E-state index >= 15 is 0 Å². The predicted octanol–water partition coefficient (Wildman–Crippen LogP) is 2.26. The summed E-state index contributed by atoms with van der Waals surface area (Å²) in [7, 11) is 0. The van der Waals surface area contributed by atoms with E-state index in [1.54, 1.807) is 0 Å². The topological polar surface area (TPSA) is 85.1 Å². The number of nitrogens with zero attached hydrogens (tertiary/aromatic N) is 2. The highest BCUT2D eigenvalue weighted by atomic mass is 19.4. The number of anilines is 2. The number of hydrogen-bond donors (Lipinski definition) is 3. The van der Waals surface area contributed by atoms with Crippen molar-refractivity contribution in [2.75, 3.05) is 30.5 Å². The van der Waals surface area contributed by atoms with Crippen LogP contribution in [0.25, 0.3) is 0 Å². The zero-order chi connectivity index (χ0) is 15.9. The number of nitrogen functional groups attached to an aromatic ring is 1. The Morgan fingerprint density at radius 3 is 2.57 bits per heavy atom. The minimum atomic E-state index is -4.56. The van der Waals surface area contributed by atoms with Gasteiger partial charge in [-0.1, -0.05) is 13.8 Å².